The Bertz CT molecular complexity index is 811. The maximum absolute atomic E-state index is 6.09. The van der Waals surface area contributed by atoms with Crippen LogP contribution in [0.5, 0.6) is 11.6 Å². The smallest absolute Gasteiger partial charge is 0.255 e. The normalized spacial score (nSPS) is 13.8. The highest BCUT2D eigenvalue weighted by atomic mass is 16.5. The number of aromatic nitrogens is 4. The molecule has 0 bridgehead atoms. The first-order valence-electron chi connectivity index (χ1n) is 7.02. The molecule has 0 amide bonds. The van der Waals surface area contributed by atoms with E-state index >= 15 is 0 Å². The Morgan fingerprint density at radius 1 is 1.33 bits per heavy atom. The van der Waals surface area contributed by atoms with Crippen LogP contribution in [0.25, 0.3) is 5.78 Å². The second kappa shape index (κ2) is 4.73. The Labute approximate surface area is 121 Å². The molecule has 4 rings (SSSR count). The molecule has 1 aromatic carbocycles. The molecule has 106 valence electrons. The number of nitrogens with zero attached hydrogens (tertiary/aromatic N) is 4. The molecule has 0 aliphatic carbocycles. The Balaban J connectivity index is 1.80. The van der Waals surface area contributed by atoms with Crippen LogP contribution in [0.3, 0.4) is 0 Å². The monoisotopic (exact) mass is 281 g/mol. The van der Waals surface area contributed by atoms with Crippen LogP contribution < -0.4 is 10.1 Å². The highest BCUT2D eigenvalue weighted by Crippen LogP contribution is 2.35. The molecule has 0 saturated carbocycles. The number of anilines is 1. The zero-order valence-corrected chi connectivity index (χ0v) is 11.7. The number of hydrogen-bond donors (Lipinski definition) is 1. The number of benzene rings is 1. The molecule has 3 aromatic rings. The number of ether oxygens (including phenoxy) is 1. The van der Waals surface area contributed by atoms with Gasteiger partial charge in [0.25, 0.3) is 5.78 Å². The molecule has 2 aromatic heterocycles. The first-order valence-corrected chi connectivity index (χ1v) is 7.02. The molecule has 21 heavy (non-hydrogen) atoms. The minimum Gasteiger partial charge on any atom is -0.437 e. The summed E-state index contributed by atoms with van der Waals surface area (Å²) >= 11 is 0. The van der Waals surface area contributed by atoms with E-state index in [4.69, 9.17) is 4.74 Å². The molecule has 3 heterocycles. The first kappa shape index (κ1) is 12.1. The van der Waals surface area contributed by atoms with Crippen molar-refractivity contribution in [2.45, 2.75) is 19.8 Å². The van der Waals surface area contributed by atoms with Gasteiger partial charge in [-0.1, -0.05) is 12.1 Å². The van der Waals surface area contributed by atoms with Crippen molar-refractivity contribution in [3.8, 4) is 11.6 Å². The van der Waals surface area contributed by atoms with E-state index in [1.807, 2.05) is 25.1 Å². The van der Waals surface area contributed by atoms with Gasteiger partial charge in [-0.2, -0.15) is 14.6 Å². The van der Waals surface area contributed by atoms with Crippen molar-refractivity contribution in [2.24, 2.45) is 0 Å². The molecule has 6 heteroatoms. The van der Waals surface area contributed by atoms with Crippen molar-refractivity contribution >= 4 is 11.5 Å². The summed E-state index contributed by atoms with van der Waals surface area (Å²) in [7, 11) is 0. The van der Waals surface area contributed by atoms with E-state index in [9.17, 15) is 0 Å². The predicted molar refractivity (Wildman–Crippen MR) is 78.8 cm³/mol. The third-order valence-electron chi connectivity index (χ3n) is 3.60. The first-order chi connectivity index (χ1) is 10.3. The largest absolute Gasteiger partial charge is 0.437 e. The summed E-state index contributed by atoms with van der Waals surface area (Å²) in [6.45, 7) is 2.89. The Kier molecular flexibility index (Phi) is 2.73. The number of fused-ring (bicyclic) bond motifs is 2. The fraction of sp³-hybridized carbons (Fsp3) is 0.267. The van der Waals surface area contributed by atoms with Gasteiger partial charge in [-0.3, -0.25) is 0 Å². The van der Waals surface area contributed by atoms with Crippen molar-refractivity contribution in [3.05, 3.63) is 41.9 Å². The molecule has 0 fully saturated rings. The van der Waals surface area contributed by atoms with Gasteiger partial charge in [-0.15, -0.1) is 0 Å². The fourth-order valence-corrected chi connectivity index (χ4v) is 2.65. The van der Waals surface area contributed by atoms with E-state index in [1.165, 1.54) is 11.9 Å². The topological polar surface area (TPSA) is 64.3 Å². The SMILES string of the molecule is Cc1cc(Oc2cccc3c2NCCC3)n2ncnc2n1. The average Bonchev–Trinajstić information content (AvgIpc) is 2.96. The summed E-state index contributed by atoms with van der Waals surface area (Å²) in [5.41, 5.74) is 3.22. The van der Waals surface area contributed by atoms with Gasteiger partial charge in [0.15, 0.2) is 5.75 Å². The summed E-state index contributed by atoms with van der Waals surface area (Å²) < 4.78 is 7.69. The van der Waals surface area contributed by atoms with E-state index in [-0.39, 0.29) is 0 Å². The number of hydrogen-bond acceptors (Lipinski definition) is 5. The van der Waals surface area contributed by atoms with Crippen LogP contribution in [-0.4, -0.2) is 26.1 Å². The van der Waals surface area contributed by atoms with Gasteiger partial charge in [0.1, 0.15) is 6.33 Å². The minimum atomic E-state index is 0.544. The maximum atomic E-state index is 6.09. The van der Waals surface area contributed by atoms with Crippen molar-refractivity contribution < 1.29 is 4.74 Å². The van der Waals surface area contributed by atoms with Gasteiger partial charge in [-0.05, 0) is 31.4 Å². The second-order valence-corrected chi connectivity index (χ2v) is 5.13. The zero-order valence-electron chi connectivity index (χ0n) is 11.7. The molecular weight excluding hydrogens is 266 g/mol. The average molecular weight is 281 g/mol. The van der Waals surface area contributed by atoms with Crippen LogP contribution in [0.2, 0.25) is 0 Å². The summed E-state index contributed by atoms with van der Waals surface area (Å²) in [6, 6.07) is 7.99. The number of para-hydroxylation sites is 1. The van der Waals surface area contributed by atoms with Crippen molar-refractivity contribution in [2.75, 3.05) is 11.9 Å². The molecule has 1 aliphatic heterocycles. The third kappa shape index (κ3) is 2.08. The Morgan fingerprint density at radius 2 is 2.29 bits per heavy atom. The number of rotatable bonds is 2. The molecule has 0 atom stereocenters. The van der Waals surface area contributed by atoms with Crippen LogP contribution >= 0.6 is 0 Å². The predicted octanol–water partition coefficient (Wildman–Crippen LogP) is 2.58. The molecular formula is C15H15N5O. The highest BCUT2D eigenvalue weighted by molar-refractivity contribution is 5.64. The lowest BCUT2D eigenvalue weighted by atomic mass is 10.0. The van der Waals surface area contributed by atoms with E-state index in [0.29, 0.717) is 11.7 Å². The van der Waals surface area contributed by atoms with Gasteiger partial charge < -0.3 is 10.1 Å². The van der Waals surface area contributed by atoms with Gasteiger partial charge in [0, 0.05) is 18.3 Å². The van der Waals surface area contributed by atoms with Crippen LogP contribution in [0.1, 0.15) is 17.7 Å². The minimum absolute atomic E-state index is 0.544. The van der Waals surface area contributed by atoms with Gasteiger partial charge in [-0.25, -0.2) is 4.98 Å². The van der Waals surface area contributed by atoms with E-state index in [1.54, 1.807) is 4.52 Å². The molecule has 1 N–H and O–H groups in total. The van der Waals surface area contributed by atoms with Crippen molar-refractivity contribution in [1.82, 2.24) is 19.6 Å². The van der Waals surface area contributed by atoms with Gasteiger partial charge >= 0.3 is 0 Å². The fourth-order valence-electron chi connectivity index (χ4n) is 2.65. The van der Waals surface area contributed by atoms with Crippen LogP contribution in [0.15, 0.2) is 30.6 Å². The Morgan fingerprint density at radius 3 is 3.24 bits per heavy atom. The van der Waals surface area contributed by atoms with Crippen LogP contribution in [0.4, 0.5) is 5.69 Å². The summed E-state index contributed by atoms with van der Waals surface area (Å²) in [5.74, 6) is 1.98. The third-order valence-corrected chi connectivity index (χ3v) is 3.60. The van der Waals surface area contributed by atoms with Crippen molar-refractivity contribution in [3.63, 3.8) is 0 Å². The van der Waals surface area contributed by atoms with E-state index in [2.05, 4.69) is 26.4 Å². The lowest BCUT2D eigenvalue weighted by Crippen LogP contribution is -2.12. The molecule has 0 saturated heterocycles. The molecule has 0 radical (unpaired) electrons. The molecule has 1 aliphatic rings. The van der Waals surface area contributed by atoms with Gasteiger partial charge in [0.2, 0.25) is 5.88 Å². The Hall–Kier alpha value is -2.63. The quantitative estimate of drug-likeness (QED) is 0.782. The summed E-state index contributed by atoms with van der Waals surface area (Å²) in [6.07, 6.45) is 3.71. The number of nitrogens with one attached hydrogen (secondary N) is 1. The second-order valence-electron chi connectivity index (χ2n) is 5.13. The van der Waals surface area contributed by atoms with Crippen molar-refractivity contribution in [1.29, 1.82) is 0 Å². The molecule has 6 nitrogen and oxygen atoms in total. The summed E-state index contributed by atoms with van der Waals surface area (Å²) in [5, 5.41) is 7.59. The lowest BCUT2D eigenvalue weighted by Gasteiger charge is -2.21. The van der Waals surface area contributed by atoms with E-state index < -0.39 is 0 Å². The van der Waals surface area contributed by atoms with Crippen LogP contribution in [-0.2, 0) is 6.42 Å². The standard InChI is InChI=1S/C15H15N5O/c1-10-8-13(20-15(19-10)17-9-18-20)21-12-6-2-4-11-5-3-7-16-14(11)12/h2,4,6,8-9,16H,3,5,7H2,1H3. The highest BCUT2D eigenvalue weighted by Gasteiger charge is 2.15. The van der Waals surface area contributed by atoms with E-state index in [0.717, 1.165) is 36.5 Å². The number of aryl methyl sites for hydroxylation is 2. The van der Waals surface area contributed by atoms with Crippen LogP contribution in [0, 0.1) is 6.92 Å². The zero-order chi connectivity index (χ0) is 14.2. The molecule has 0 unspecified atom stereocenters. The maximum Gasteiger partial charge on any atom is 0.255 e. The lowest BCUT2D eigenvalue weighted by molar-refractivity contribution is 0.445. The summed E-state index contributed by atoms with van der Waals surface area (Å²) in [4.78, 5) is 8.43. The molecule has 0 spiro atoms. The van der Waals surface area contributed by atoms with Gasteiger partial charge in [0.05, 0.1) is 5.69 Å².